The first-order chi connectivity index (χ1) is 45.7. The molecule has 0 amide bonds. The van der Waals surface area contributed by atoms with E-state index in [2.05, 4.69) is 275 Å². The third-order valence-corrected chi connectivity index (χ3v) is 21.9. The Hall–Kier alpha value is -10.6. The van der Waals surface area contributed by atoms with E-state index in [4.69, 9.17) is 8.83 Å². The van der Waals surface area contributed by atoms with Crippen LogP contribution >= 0.6 is 0 Å². The summed E-state index contributed by atoms with van der Waals surface area (Å²) in [5.74, 6) is 0.977. The molecule has 0 N–H and O–H groups in total. The van der Waals surface area contributed by atoms with Gasteiger partial charge in [0.1, 0.15) is 11.2 Å². The number of benzene rings is 13. The van der Waals surface area contributed by atoms with E-state index in [1.807, 2.05) is 0 Å². The van der Waals surface area contributed by atoms with Crippen molar-refractivity contribution >= 4 is 121 Å². The lowest BCUT2D eigenvalue weighted by Gasteiger charge is -2.40. The van der Waals surface area contributed by atoms with Gasteiger partial charge in [-0.3, -0.25) is 0 Å². The lowest BCUT2D eigenvalue weighted by Crippen LogP contribution is -2.33. The number of furan rings is 2. The molecule has 4 aliphatic rings. The molecule has 13 aromatic carbocycles. The highest BCUT2D eigenvalue weighted by atomic mass is 16.3. The summed E-state index contributed by atoms with van der Waals surface area (Å²) in [6, 6.07) is 98.6. The van der Waals surface area contributed by atoms with E-state index in [-0.39, 0.29) is 0 Å². The Morgan fingerprint density at radius 3 is 1.35 bits per heavy atom. The number of hydrogen-bond donors (Lipinski definition) is 0. The van der Waals surface area contributed by atoms with Crippen LogP contribution in [0.15, 0.2) is 270 Å². The summed E-state index contributed by atoms with van der Waals surface area (Å²) in [7, 11) is 0. The quantitative estimate of drug-likeness (QED) is 0.152. The minimum absolute atomic E-state index is 0.480. The molecule has 1 spiro atoms. The molecule has 1 aliphatic heterocycles. The fourth-order valence-corrected chi connectivity index (χ4v) is 18.0. The molecule has 5 nitrogen and oxygen atoms in total. The van der Waals surface area contributed by atoms with E-state index >= 15 is 0 Å². The minimum Gasteiger partial charge on any atom is -0.454 e. The number of aromatic nitrogens is 1. The van der Waals surface area contributed by atoms with Gasteiger partial charge in [0.15, 0.2) is 11.2 Å². The molecule has 0 radical (unpaired) electrons. The van der Waals surface area contributed by atoms with Crippen molar-refractivity contribution in [3.63, 3.8) is 0 Å². The first-order valence-corrected chi connectivity index (χ1v) is 33.5. The second-order valence-electron chi connectivity index (χ2n) is 26.6. The summed E-state index contributed by atoms with van der Waals surface area (Å²) in [5, 5.41) is 12.0. The highest BCUT2D eigenvalue weighted by Gasteiger charge is 2.52. The standard InChI is InChI=1S/C87H65N3O2/c1-5-23-54(24-6-1)64-35-19-37-66-68-39-21-43-78(85(68)91-83(64)66)88(58-29-9-3-10-30-58)60-47-50-76-70(51-60)71-52-61(89(59-31-11-4-12-32-59)79-44-22-40-69-67-38-20-36-65(84(67)92-86(69)79)55-25-7-2-8-26-55)53-75-82(71)90(76)77-42-18-17-41-72(77)87(75)73-48-45-56-27-13-15-33-62(56)80(73)81-63-34-16-14-28-57(63)46-49-74(81)87/h3-4,9-22,27-55H,1-2,5-8,23-26H2. The van der Waals surface area contributed by atoms with Gasteiger partial charge in [-0.1, -0.05) is 227 Å². The van der Waals surface area contributed by atoms with Crippen molar-refractivity contribution < 1.29 is 8.83 Å². The Bertz CT molecular complexity index is 5610. The van der Waals surface area contributed by atoms with E-state index in [1.165, 1.54) is 158 Å². The molecule has 0 unspecified atom stereocenters. The van der Waals surface area contributed by atoms with Gasteiger partial charge in [-0.15, -0.1) is 0 Å². The van der Waals surface area contributed by atoms with E-state index in [0.29, 0.717) is 11.8 Å². The second kappa shape index (κ2) is 20.2. The van der Waals surface area contributed by atoms with Crippen molar-refractivity contribution in [2.45, 2.75) is 81.5 Å². The number of rotatable bonds is 8. The van der Waals surface area contributed by atoms with Gasteiger partial charge < -0.3 is 23.2 Å². The Labute approximate surface area is 534 Å². The normalized spacial score (nSPS) is 15.4. The lowest BCUT2D eigenvalue weighted by molar-refractivity contribution is 0.442. The molecule has 0 saturated heterocycles. The first-order valence-electron chi connectivity index (χ1n) is 33.5. The molecule has 0 bridgehead atoms. The molecular formula is C87H65N3O2. The molecule has 92 heavy (non-hydrogen) atoms. The van der Waals surface area contributed by atoms with Crippen LogP contribution in [0.25, 0.3) is 104 Å². The summed E-state index contributed by atoms with van der Waals surface area (Å²) >= 11 is 0. The van der Waals surface area contributed by atoms with Gasteiger partial charge in [-0.2, -0.15) is 0 Å². The Morgan fingerprint density at radius 2 is 0.783 bits per heavy atom. The molecule has 5 heteroatoms. The van der Waals surface area contributed by atoms with Crippen molar-refractivity contribution in [3.05, 3.63) is 294 Å². The van der Waals surface area contributed by atoms with Crippen LogP contribution in [0.1, 0.15) is 109 Å². The van der Waals surface area contributed by atoms with Gasteiger partial charge in [0, 0.05) is 55.1 Å². The zero-order valence-corrected chi connectivity index (χ0v) is 51.2. The average Bonchev–Trinajstić information content (AvgIpc) is 1.47. The van der Waals surface area contributed by atoms with Crippen LogP contribution in [-0.4, -0.2) is 4.57 Å². The summed E-state index contributed by atoms with van der Waals surface area (Å²) in [6.45, 7) is 0. The van der Waals surface area contributed by atoms with Crippen molar-refractivity contribution in [2.24, 2.45) is 0 Å². The SMILES string of the molecule is c1ccc(N(c2ccc3c(c2)c2cc(N(c4ccccc4)c4cccc5c4oc4c(C6CCCCC6)cccc45)cc4c2n3-c2ccccc2C42c3ccc4ccccc4c3-c3c2ccc2ccccc32)c2cccc3c2oc2c(C4CCCCC4)cccc23)cc1. The second-order valence-corrected chi connectivity index (χ2v) is 26.6. The van der Waals surface area contributed by atoms with Crippen molar-refractivity contribution in [3.8, 4) is 16.8 Å². The number of para-hydroxylation sites is 7. The maximum Gasteiger partial charge on any atom is 0.159 e. The van der Waals surface area contributed by atoms with Crippen molar-refractivity contribution in [2.75, 3.05) is 9.80 Å². The maximum absolute atomic E-state index is 7.49. The highest BCUT2D eigenvalue weighted by Crippen LogP contribution is 2.65. The number of nitrogens with zero attached hydrogens (tertiary/aromatic N) is 3. The molecule has 4 heterocycles. The Morgan fingerprint density at radius 1 is 0.315 bits per heavy atom. The molecular weight excluding hydrogens is 1120 g/mol. The largest absolute Gasteiger partial charge is 0.454 e. The smallest absolute Gasteiger partial charge is 0.159 e. The van der Waals surface area contributed by atoms with Crippen LogP contribution in [-0.2, 0) is 5.41 Å². The van der Waals surface area contributed by atoms with Crippen LogP contribution in [0, 0.1) is 0 Å². The molecule has 0 atom stereocenters. The Kier molecular flexibility index (Phi) is 11.5. The van der Waals surface area contributed by atoms with Crippen LogP contribution in [0.3, 0.4) is 0 Å². The fourth-order valence-electron chi connectivity index (χ4n) is 18.0. The van der Waals surface area contributed by atoms with Crippen LogP contribution < -0.4 is 9.80 Å². The third kappa shape index (κ3) is 7.36. The van der Waals surface area contributed by atoms with Gasteiger partial charge in [0.2, 0.25) is 0 Å². The number of fused-ring (bicyclic) bond motifs is 22. The summed E-state index contributed by atoms with van der Waals surface area (Å²) in [6.07, 6.45) is 12.5. The molecule has 2 saturated carbocycles. The number of anilines is 6. The predicted octanol–water partition coefficient (Wildman–Crippen LogP) is 24.6. The zero-order valence-electron chi connectivity index (χ0n) is 51.2. The van der Waals surface area contributed by atoms with Crippen LogP contribution in [0.5, 0.6) is 0 Å². The van der Waals surface area contributed by atoms with E-state index < -0.39 is 5.41 Å². The average molecular weight is 1180 g/mol. The topological polar surface area (TPSA) is 37.7 Å². The zero-order chi connectivity index (χ0) is 60.2. The lowest BCUT2D eigenvalue weighted by atomic mass is 9.65. The van der Waals surface area contributed by atoms with E-state index in [0.717, 1.165) is 78.1 Å². The highest BCUT2D eigenvalue weighted by molar-refractivity contribution is 6.20. The maximum atomic E-state index is 7.49. The monoisotopic (exact) mass is 1180 g/mol. The van der Waals surface area contributed by atoms with Gasteiger partial charge in [-0.05, 0) is 176 Å². The molecule has 3 aromatic heterocycles. The fraction of sp³-hybridized carbons (Fsp3) is 0.149. The van der Waals surface area contributed by atoms with Gasteiger partial charge in [-0.25, -0.2) is 0 Å². The number of hydrogen-bond acceptors (Lipinski definition) is 4. The van der Waals surface area contributed by atoms with Gasteiger partial charge >= 0.3 is 0 Å². The predicted molar refractivity (Wildman–Crippen MR) is 382 cm³/mol. The minimum atomic E-state index is -0.761. The summed E-state index contributed by atoms with van der Waals surface area (Å²) < 4.78 is 17.4. The molecule has 440 valence electrons. The molecule has 3 aliphatic carbocycles. The van der Waals surface area contributed by atoms with Gasteiger partial charge in [0.25, 0.3) is 0 Å². The Balaban J connectivity index is 0.908. The van der Waals surface area contributed by atoms with E-state index in [9.17, 15) is 0 Å². The van der Waals surface area contributed by atoms with Crippen LogP contribution in [0.4, 0.5) is 34.1 Å². The van der Waals surface area contributed by atoms with Crippen molar-refractivity contribution in [1.29, 1.82) is 0 Å². The molecule has 20 rings (SSSR count). The van der Waals surface area contributed by atoms with Crippen LogP contribution in [0.2, 0.25) is 0 Å². The van der Waals surface area contributed by atoms with E-state index in [1.54, 1.807) is 0 Å². The van der Waals surface area contributed by atoms with Gasteiger partial charge in [0.05, 0.1) is 33.5 Å². The summed E-state index contributed by atoms with van der Waals surface area (Å²) in [4.78, 5) is 4.94. The molecule has 2 fully saturated rings. The first kappa shape index (κ1) is 52.2. The third-order valence-electron chi connectivity index (χ3n) is 21.9. The summed E-state index contributed by atoms with van der Waals surface area (Å²) in [5.41, 5.74) is 23.3. The van der Waals surface area contributed by atoms with Crippen molar-refractivity contribution in [1.82, 2.24) is 4.57 Å². The molecule has 16 aromatic rings.